The SMILES string of the molecule is Cc1cccc(C(C)C)c1NC(=O)N[C@H](CCO)C(=O)O. The van der Waals surface area contributed by atoms with Crippen LogP contribution in [0.4, 0.5) is 10.5 Å². The molecule has 0 spiro atoms. The molecular weight excluding hydrogens is 272 g/mol. The van der Waals surface area contributed by atoms with Crippen molar-refractivity contribution in [3.8, 4) is 0 Å². The minimum Gasteiger partial charge on any atom is -0.480 e. The van der Waals surface area contributed by atoms with Crippen LogP contribution in [-0.2, 0) is 4.79 Å². The molecule has 0 aromatic heterocycles. The quantitative estimate of drug-likeness (QED) is 0.645. The molecule has 0 bridgehead atoms. The van der Waals surface area contributed by atoms with Crippen molar-refractivity contribution in [2.45, 2.75) is 39.2 Å². The number of hydrogen-bond acceptors (Lipinski definition) is 3. The molecule has 0 saturated carbocycles. The maximum absolute atomic E-state index is 12.0. The van der Waals surface area contributed by atoms with Gasteiger partial charge in [0.05, 0.1) is 0 Å². The number of rotatable bonds is 6. The fourth-order valence-electron chi connectivity index (χ4n) is 2.04. The maximum Gasteiger partial charge on any atom is 0.326 e. The Labute approximate surface area is 124 Å². The van der Waals surface area contributed by atoms with Crippen molar-refractivity contribution >= 4 is 17.7 Å². The van der Waals surface area contributed by atoms with Gasteiger partial charge in [0.15, 0.2) is 0 Å². The van der Waals surface area contributed by atoms with Gasteiger partial charge in [0.2, 0.25) is 0 Å². The first-order valence-corrected chi connectivity index (χ1v) is 6.87. The van der Waals surface area contributed by atoms with E-state index in [-0.39, 0.29) is 18.9 Å². The summed E-state index contributed by atoms with van der Waals surface area (Å²) in [6.45, 7) is 5.61. The lowest BCUT2D eigenvalue weighted by molar-refractivity contribution is -0.139. The topological polar surface area (TPSA) is 98.7 Å². The van der Waals surface area contributed by atoms with Gasteiger partial charge in [0.1, 0.15) is 6.04 Å². The molecule has 1 rings (SSSR count). The number of amides is 2. The Kier molecular flexibility index (Phi) is 6.17. The molecule has 0 fully saturated rings. The van der Waals surface area contributed by atoms with Crippen molar-refractivity contribution in [2.75, 3.05) is 11.9 Å². The van der Waals surface area contributed by atoms with Crippen LogP contribution < -0.4 is 10.6 Å². The average molecular weight is 294 g/mol. The van der Waals surface area contributed by atoms with E-state index in [0.717, 1.165) is 11.1 Å². The highest BCUT2D eigenvalue weighted by Gasteiger charge is 2.20. The molecule has 21 heavy (non-hydrogen) atoms. The van der Waals surface area contributed by atoms with E-state index in [0.29, 0.717) is 5.69 Å². The highest BCUT2D eigenvalue weighted by atomic mass is 16.4. The molecule has 0 radical (unpaired) electrons. The smallest absolute Gasteiger partial charge is 0.326 e. The van der Waals surface area contributed by atoms with Gasteiger partial charge in [0, 0.05) is 18.7 Å². The monoisotopic (exact) mass is 294 g/mol. The van der Waals surface area contributed by atoms with Crippen LogP contribution in [0.5, 0.6) is 0 Å². The van der Waals surface area contributed by atoms with Crippen LogP contribution in [0, 0.1) is 6.92 Å². The number of carbonyl (C=O) groups is 2. The van der Waals surface area contributed by atoms with Crippen LogP contribution in [0.25, 0.3) is 0 Å². The predicted molar refractivity (Wildman–Crippen MR) is 80.5 cm³/mol. The van der Waals surface area contributed by atoms with Crippen molar-refractivity contribution in [3.05, 3.63) is 29.3 Å². The number of aliphatic hydroxyl groups excluding tert-OH is 1. The largest absolute Gasteiger partial charge is 0.480 e. The predicted octanol–water partition coefficient (Wildman–Crippen LogP) is 2.08. The summed E-state index contributed by atoms with van der Waals surface area (Å²) >= 11 is 0. The summed E-state index contributed by atoms with van der Waals surface area (Å²) in [4.78, 5) is 22.9. The second-order valence-corrected chi connectivity index (χ2v) is 5.20. The minimum absolute atomic E-state index is 0.0342. The summed E-state index contributed by atoms with van der Waals surface area (Å²) in [5.41, 5.74) is 2.59. The zero-order valence-electron chi connectivity index (χ0n) is 12.5. The molecule has 1 atom stereocenters. The minimum atomic E-state index is -1.17. The molecular formula is C15H22N2O4. The van der Waals surface area contributed by atoms with Crippen molar-refractivity contribution < 1.29 is 19.8 Å². The van der Waals surface area contributed by atoms with E-state index >= 15 is 0 Å². The number of aliphatic hydroxyl groups is 1. The molecule has 6 nitrogen and oxygen atoms in total. The molecule has 2 amide bonds. The van der Waals surface area contributed by atoms with E-state index in [1.54, 1.807) is 0 Å². The number of para-hydroxylation sites is 1. The van der Waals surface area contributed by atoms with Gasteiger partial charge >= 0.3 is 12.0 Å². The van der Waals surface area contributed by atoms with Crippen molar-refractivity contribution in [3.63, 3.8) is 0 Å². The Hall–Kier alpha value is -2.08. The summed E-state index contributed by atoms with van der Waals surface area (Å²) in [5.74, 6) is -0.944. The van der Waals surface area contributed by atoms with Gasteiger partial charge in [-0.15, -0.1) is 0 Å². The van der Waals surface area contributed by atoms with Gasteiger partial charge in [-0.05, 0) is 24.0 Å². The Morgan fingerprint density at radius 3 is 2.48 bits per heavy atom. The first-order valence-electron chi connectivity index (χ1n) is 6.87. The van der Waals surface area contributed by atoms with Crippen molar-refractivity contribution in [2.24, 2.45) is 0 Å². The fraction of sp³-hybridized carbons (Fsp3) is 0.467. The molecule has 0 aliphatic carbocycles. The number of anilines is 1. The Balaban J connectivity index is 2.86. The van der Waals surface area contributed by atoms with Gasteiger partial charge in [-0.3, -0.25) is 0 Å². The summed E-state index contributed by atoms with van der Waals surface area (Å²) in [5, 5.41) is 22.8. The lowest BCUT2D eigenvalue weighted by Gasteiger charge is -2.18. The van der Waals surface area contributed by atoms with Crippen molar-refractivity contribution in [1.29, 1.82) is 0 Å². The van der Waals surface area contributed by atoms with Crippen LogP contribution in [-0.4, -0.2) is 34.9 Å². The number of nitrogens with one attached hydrogen (secondary N) is 2. The maximum atomic E-state index is 12.0. The molecule has 1 aromatic rings. The van der Waals surface area contributed by atoms with E-state index < -0.39 is 18.0 Å². The molecule has 0 saturated heterocycles. The molecule has 0 unspecified atom stereocenters. The molecule has 0 aliphatic heterocycles. The van der Waals surface area contributed by atoms with Crippen LogP contribution in [0.1, 0.15) is 37.3 Å². The van der Waals surface area contributed by atoms with E-state index in [2.05, 4.69) is 10.6 Å². The van der Waals surface area contributed by atoms with Crippen molar-refractivity contribution in [1.82, 2.24) is 5.32 Å². The summed E-state index contributed by atoms with van der Waals surface area (Å²) in [6, 6.07) is 4.02. The lowest BCUT2D eigenvalue weighted by atomic mass is 9.98. The summed E-state index contributed by atoms with van der Waals surface area (Å²) in [6.07, 6.45) is -0.0342. The number of carboxylic acids is 1. The van der Waals surface area contributed by atoms with Gasteiger partial charge < -0.3 is 20.8 Å². The molecule has 0 aliphatic rings. The van der Waals surface area contributed by atoms with E-state index in [1.165, 1.54) is 0 Å². The Morgan fingerprint density at radius 2 is 1.95 bits per heavy atom. The van der Waals surface area contributed by atoms with Crippen LogP contribution in [0.3, 0.4) is 0 Å². The van der Waals surface area contributed by atoms with Crippen LogP contribution >= 0.6 is 0 Å². The third-order valence-electron chi connectivity index (χ3n) is 3.19. The molecule has 4 N–H and O–H groups in total. The number of hydrogen-bond donors (Lipinski definition) is 4. The third kappa shape index (κ3) is 4.75. The summed E-state index contributed by atoms with van der Waals surface area (Å²) < 4.78 is 0. The lowest BCUT2D eigenvalue weighted by Crippen LogP contribution is -2.43. The normalized spacial score (nSPS) is 12.0. The van der Waals surface area contributed by atoms with Gasteiger partial charge in [-0.1, -0.05) is 32.0 Å². The first kappa shape index (κ1) is 17.0. The number of aryl methyl sites for hydroxylation is 1. The summed E-state index contributed by atoms with van der Waals surface area (Å²) in [7, 11) is 0. The van der Waals surface area contributed by atoms with E-state index in [1.807, 2.05) is 39.0 Å². The average Bonchev–Trinajstić information content (AvgIpc) is 2.40. The number of aliphatic carboxylic acids is 1. The van der Waals surface area contributed by atoms with E-state index in [4.69, 9.17) is 10.2 Å². The standard InChI is InChI=1S/C15H22N2O4/c1-9(2)11-6-4-5-10(3)13(11)17-15(21)16-12(7-8-18)14(19)20/h4-6,9,12,18H,7-8H2,1-3H3,(H,19,20)(H2,16,17,21)/t12-/m1/s1. The Bertz CT molecular complexity index is 514. The molecule has 0 heterocycles. The highest BCUT2D eigenvalue weighted by molar-refractivity contribution is 5.93. The van der Waals surface area contributed by atoms with Crippen LogP contribution in [0.2, 0.25) is 0 Å². The van der Waals surface area contributed by atoms with E-state index in [9.17, 15) is 9.59 Å². The molecule has 1 aromatic carbocycles. The fourth-order valence-corrected chi connectivity index (χ4v) is 2.04. The van der Waals surface area contributed by atoms with Gasteiger partial charge in [-0.25, -0.2) is 9.59 Å². The second-order valence-electron chi connectivity index (χ2n) is 5.20. The number of urea groups is 1. The zero-order valence-corrected chi connectivity index (χ0v) is 12.5. The van der Waals surface area contributed by atoms with Gasteiger partial charge in [-0.2, -0.15) is 0 Å². The third-order valence-corrected chi connectivity index (χ3v) is 3.19. The van der Waals surface area contributed by atoms with Crippen LogP contribution in [0.15, 0.2) is 18.2 Å². The second kappa shape index (κ2) is 7.64. The number of carbonyl (C=O) groups excluding carboxylic acids is 1. The van der Waals surface area contributed by atoms with Gasteiger partial charge in [0.25, 0.3) is 0 Å². The number of carboxylic acid groups (broad SMARTS) is 1. The first-order chi connectivity index (χ1) is 9.86. The molecule has 116 valence electrons. The highest BCUT2D eigenvalue weighted by Crippen LogP contribution is 2.27. The zero-order chi connectivity index (χ0) is 16.0. The molecule has 6 heteroatoms. The number of benzene rings is 1. The Morgan fingerprint density at radius 1 is 1.29 bits per heavy atom.